The molecule has 1 aromatic carbocycles. The van der Waals surface area contributed by atoms with Gasteiger partial charge in [-0.15, -0.1) is 0 Å². The summed E-state index contributed by atoms with van der Waals surface area (Å²) in [5.74, 6) is 0.721. The van der Waals surface area contributed by atoms with Crippen LogP contribution in [0.15, 0.2) is 24.3 Å². The van der Waals surface area contributed by atoms with Gasteiger partial charge >= 0.3 is 0 Å². The molecule has 18 heavy (non-hydrogen) atoms. The molecule has 0 spiro atoms. The molecular weight excluding hydrogens is 341 g/mol. The number of rotatable bonds is 1. The molecule has 1 aromatic heterocycles. The third-order valence-corrected chi connectivity index (χ3v) is 4.62. The highest BCUT2D eigenvalue weighted by molar-refractivity contribution is 14.1. The lowest BCUT2D eigenvalue weighted by molar-refractivity contribution is 0.0809. The molecular formula is C13H14IN3O. The Kier molecular flexibility index (Phi) is 3.03. The summed E-state index contributed by atoms with van der Waals surface area (Å²) in [6, 6.07) is 8.39. The zero-order chi connectivity index (χ0) is 12.7. The number of halogens is 1. The van der Waals surface area contributed by atoms with E-state index < -0.39 is 0 Å². The summed E-state index contributed by atoms with van der Waals surface area (Å²) in [6.07, 6.45) is 0. The van der Waals surface area contributed by atoms with Crippen LogP contribution in [-0.4, -0.2) is 16.4 Å². The molecule has 5 heteroatoms. The van der Waals surface area contributed by atoms with Crippen molar-refractivity contribution in [2.24, 2.45) is 0 Å². The second kappa shape index (κ2) is 4.55. The third-order valence-electron chi connectivity index (χ3n) is 3.29. The van der Waals surface area contributed by atoms with Crippen LogP contribution >= 0.6 is 22.6 Å². The zero-order valence-electron chi connectivity index (χ0n) is 10.1. The number of hydrogen-bond acceptors (Lipinski definition) is 3. The highest BCUT2D eigenvalue weighted by Crippen LogP contribution is 2.31. The molecule has 94 valence electrons. The van der Waals surface area contributed by atoms with E-state index in [4.69, 9.17) is 10.5 Å². The lowest BCUT2D eigenvalue weighted by Gasteiger charge is -2.26. The van der Waals surface area contributed by atoms with Crippen LogP contribution < -0.4 is 5.73 Å². The molecule has 0 amide bonds. The second-order valence-electron chi connectivity index (χ2n) is 4.46. The number of aryl methyl sites for hydroxylation is 1. The number of nitrogens with zero attached hydrogens (tertiary/aromatic N) is 2. The van der Waals surface area contributed by atoms with Crippen molar-refractivity contribution in [3.05, 3.63) is 44.7 Å². The Balaban J connectivity index is 2.11. The van der Waals surface area contributed by atoms with E-state index in [1.165, 1.54) is 11.1 Å². The summed E-state index contributed by atoms with van der Waals surface area (Å²) in [4.78, 5) is 0. The number of fused-ring (bicyclic) bond motifs is 1. The molecule has 0 radical (unpaired) electrons. The first-order valence-corrected chi connectivity index (χ1v) is 6.92. The van der Waals surface area contributed by atoms with E-state index in [-0.39, 0.29) is 6.04 Å². The Labute approximate surface area is 119 Å². The maximum atomic E-state index is 6.13. The van der Waals surface area contributed by atoms with Gasteiger partial charge in [0.2, 0.25) is 0 Å². The first-order chi connectivity index (χ1) is 8.68. The Morgan fingerprint density at radius 1 is 1.44 bits per heavy atom. The number of benzene rings is 1. The van der Waals surface area contributed by atoms with Gasteiger partial charge in [-0.25, -0.2) is 4.68 Å². The van der Waals surface area contributed by atoms with Crippen LogP contribution in [-0.2, 0) is 11.3 Å². The largest absolute Gasteiger partial charge is 0.383 e. The number of nitrogens with two attached hydrogens (primary N) is 1. The molecule has 2 aromatic rings. The molecule has 0 saturated carbocycles. The fourth-order valence-corrected chi connectivity index (χ4v) is 2.70. The minimum atomic E-state index is 0.0807. The smallest absolute Gasteiger partial charge is 0.136 e. The third kappa shape index (κ3) is 1.81. The van der Waals surface area contributed by atoms with Gasteiger partial charge in [0, 0.05) is 0 Å². The van der Waals surface area contributed by atoms with E-state index in [1.807, 2.05) is 17.7 Å². The van der Waals surface area contributed by atoms with Crippen LogP contribution in [0.25, 0.3) is 0 Å². The molecule has 1 aliphatic rings. The monoisotopic (exact) mass is 355 g/mol. The Morgan fingerprint density at radius 3 is 2.94 bits per heavy atom. The Morgan fingerprint density at radius 2 is 2.22 bits per heavy atom. The van der Waals surface area contributed by atoms with Gasteiger partial charge in [0.15, 0.2) is 0 Å². The zero-order valence-corrected chi connectivity index (χ0v) is 12.2. The highest BCUT2D eigenvalue weighted by Gasteiger charge is 2.25. The van der Waals surface area contributed by atoms with Crippen molar-refractivity contribution in [1.82, 2.24) is 9.78 Å². The van der Waals surface area contributed by atoms with Gasteiger partial charge in [0.25, 0.3) is 0 Å². The van der Waals surface area contributed by atoms with E-state index in [2.05, 4.69) is 45.9 Å². The maximum absolute atomic E-state index is 6.13. The van der Waals surface area contributed by atoms with Crippen LogP contribution in [0.4, 0.5) is 5.82 Å². The van der Waals surface area contributed by atoms with E-state index in [0.717, 1.165) is 15.1 Å². The van der Waals surface area contributed by atoms with Crippen LogP contribution in [0.2, 0.25) is 0 Å². The summed E-state index contributed by atoms with van der Waals surface area (Å²) in [6.45, 7) is 3.27. The number of ether oxygens (including phenoxy) is 1. The molecule has 2 N–H and O–H groups in total. The molecule has 0 fully saturated rings. The quantitative estimate of drug-likeness (QED) is 0.800. The summed E-state index contributed by atoms with van der Waals surface area (Å²) in [5, 5.41) is 4.54. The molecule has 1 atom stereocenters. The molecule has 0 saturated heterocycles. The Bertz CT molecular complexity index is 594. The van der Waals surface area contributed by atoms with Crippen LogP contribution in [0.3, 0.4) is 0 Å². The van der Waals surface area contributed by atoms with Crippen molar-refractivity contribution in [3.8, 4) is 0 Å². The van der Waals surface area contributed by atoms with E-state index in [1.54, 1.807) is 0 Å². The lowest BCUT2D eigenvalue weighted by Crippen LogP contribution is -2.25. The van der Waals surface area contributed by atoms with Gasteiger partial charge in [-0.2, -0.15) is 5.10 Å². The predicted molar refractivity (Wildman–Crippen MR) is 78.3 cm³/mol. The Hall–Kier alpha value is -1.08. The van der Waals surface area contributed by atoms with Gasteiger partial charge in [-0.05, 0) is 40.6 Å². The fourth-order valence-electron chi connectivity index (χ4n) is 2.35. The molecule has 3 rings (SSSR count). The first-order valence-electron chi connectivity index (χ1n) is 5.84. The molecule has 1 aliphatic heterocycles. The van der Waals surface area contributed by atoms with E-state index in [0.29, 0.717) is 13.2 Å². The molecule has 0 bridgehead atoms. The molecule has 0 aliphatic carbocycles. The summed E-state index contributed by atoms with van der Waals surface area (Å²) in [7, 11) is 0. The van der Waals surface area contributed by atoms with Gasteiger partial charge < -0.3 is 10.5 Å². The summed E-state index contributed by atoms with van der Waals surface area (Å²) >= 11 is 2.24. The summed E-state index contributed by atoms with van der Waals surface area (Å²) in [5.41, 5.74) is 9.57. The van der Waals surface area contributed by atoms with Gasteiger partial charge in [0.05, 0.1) is 22.5 Å². The minimum Gasteiger partial charge on any atom is -0.383 e. The van der Waals surface area contributed by atoms with E-state index in [9.17, 15) is 0 Å². The van der Waals surface area contributed by atoms with Crippen molar-refractivity contribution in [3.63, 3.8) is 0 Å². The number of aromatic nitrogens is 2. The number of nitrogen functional groups attached to an aromatic ring is 1. The fraction of sp³-hybridized carbons (Fsp3) is 0.308. The normalized spacial score (nSPS) is 18.7. The standard InChI is InChI=1S/C13H14IN3O/c1-8-12(14)13(15)17(16-8)11-7-18-6-9-4-2-3-5-10(9)11/h2-5,11H,6-7,15H2,1H3. The van der Waals surface area contributed by atoms with Crippen molar-refractivity contribution in [2.75, 3.05) is 12.3 Å². The number of anilines is 1. The van der Waals surface area contributed by atoms with Crippen molar-refractivity contribution >= 4 is 28.4 Å². The van der Waals surface area contributed by atoms with Crippen LogP contribution in [0, 0.1) is 10.5 Å². The van der Waals surface area contributed by atoms with E-state index >= 15 is 0 Å². The second-order valence-corrected chi connectivity index (χ2v) is 5.54. The maximum Gasteiger partial charge on any atom is 0.136 e. The molecule has 2 heterocycles. The van der Waals surface area contributed by atoms with Gasteiger partial charge in [0.1, 0.15) is 11.9 Å². The van der Waals surface area contributed by atoms with Crippen LogP contribution in [0.5, 0.6) is 0 Å². The summed E-state index contributed by atoms with van der Waals surface area (Å²) < 4.78 is 8.56. The minimum absolute atomic E-state index is 0.0807. The average molecular weight is 355 g/mol. The SMILES string of the molecule is Cc1nn(C2COCc3ccccc32)c(N)c1I. The highest BCUT2D eigenvalue weighted by atomic mass is 127. The van der Waals surface area contributed by atoms with Crippen molar-refractivity contribution in [1.29, 1.82) is 0 Å². The van der Waals surface area contributed by atoms with Gasteiger partial charge in [-0.3, -0.25) is 0 Å². The number of hydrogen-bond donors (Lipinski definition) is 1. The first kappa shape index (κ1) is 12.0. The molecule has 4 nitrogen and oxygen atoms in total. The molecule has 1 unspecified atom stereocenters. The van der Waals surface area contributed by atoms with Crippen molar-refractivity contribution < 1.29 is 4.74 Å². The predicted octanol–water partition coefficient (Wildman–Crippen LogP) is 2.50. The topological polar surface area (TPSA) is 53.1 Å². The van der Waals surface area contributed by atoms with Crippen LogP contribution in [0.1, 0.15) is 22.9 Å². The van der Waals surface area contributed by atoms with Gasteiger partial charge in [-0.1, -0.05) is 24.3 Å². The lowest BCUT2D eigenvalue weighted by atomic mass is 9.99. The average Bonchev–Trinajstić information content (AvgIpc) is 2.66. The van der Waals surface area contributed by atoms with Crippen molar-refractivity contribution in [2.45, 2.75) is 19.6 Å².